The molecule has 1 aliphatic rings. The van der Waals surface area contributed by atoms with Crippen molar-refractivity contribution in [1.82, 2.24) is 10.2 Å². The van der Waals surface area contributed by atoms with Crippen LogP contribution in [0, 0.1) is 11.8 Å². The summed E-state index contributed by atoms with van der Waals surface area (Å²) in [5, 5.41) is 3.58. The third-order valence-electron chi connectivity index (χ3n) is 3.78. The van der Waals surface area contributed by atoms with Crippen LogP contribution in [0.25, 0.3) is 0 Å². The van der Waals surface area contributed by atoms with E-state index >= 15 is 0 Å². The Morgan fingerprint density at radius 2 is 2.15 bits per heavy atom. The SMILES string of the molecule is CCCCN(CC#Cc1ccccc1)CC1CCCN1. The van der Waals surface area contributed by atoms with Gasteiger partial charge in [0.25, 0.3) is 0 Å². The summed E-state index contributed by atoms with van der Waals surface area (Å²) in [6.07, 6.45) is 5.15. The molecule has 0 aromatic heterocycles. The van der Waals surface area contributed by atoms with Crippen molar-refractivity contribution >= 4 is 0 Å². The van der Waals surface area contributed by atoms with Crippen molar-refractivity contribution in [3.8, 4) is 11.8 Å². The van der Waals surface area contributed by atoms with E-state index in [4.69, 9.17) is 0 Å². The Balaban J connectivity index is 1.84. The van der Waals surface area contributed by atoms with Gasteiger partial charge < -0.3 is 5.32 Å². The molecule has 1 aromatic carbocycles. The summed E-state index contributed by atoms with van der Waals surface area (Å²) in [6.45, 7) is 6.62. The van der Waals surface area contributed by atoms with Gasteiger partial charge in [0.15, 0.2) is 0 Å². The van der Waals surface area contributed by atoms with Crippen molar-refractivity contribution in [2.75, 3.05) is 26.2 Å². The zero-order valence-corrected chi connectivity index (χ0v) is 12.6. The number of hydrogen-bond donors (Lipinski definition) is 1. The first kappa shape index (κ1) is 15.1. The van der Waals surface area contributed by atoms with Crippen molar-refractivity contribution in [3.05, 3.63) is 35.9 Å². The first-order valence-electron chi connectivity index (χ1n) is 7.88. The summed E-state index contributed by atoms with van der Waals surface area (Å²) in [6, 6.07) is 10.9. The van der Waals surface area contributed by atoms with E-state index in [9.17, 15) is 0 Å². The lowest BCUT2D eigenvalue weighted by Gasteiger charge is -2.23. The molecule has 2 nitrogen and oxygen atoms in total. The Labute approximate surface area is 123 Å². The van der Waals surface area contributed by atoms with Crippen LogP contribution in [-0.2, 0) is 0 Å². The molecule has 2 rings (SSSR count). The second-order valence-corrected chi connectivity index (χ2v) is 5.55. The molecule has 1 atom stereocenters. The van der Waals surface area contributed by atoms with Crippen LogP contribution in [0.4, 0.5) is 0 Å². The Bertz CT molecular complexity index is 424. The highest BCUT2D eigenvalue weighted by Gasteiger charge is 2.16. The van der Waals surface area contributed by atoms with Crippen LogP contribution in [0.2, 0.25) is 0 Å². The number of benzene rings is 1. The van der Waals surface area contributed by atoms with E-state index in [2.05, 4.69) is 41.1 Å². The van der Waals surface area contributed by atoms with Gasteiger partial charge in [-0.3, -0.25) is 4.90 Å². The molecule has 2 heteroatoms. The molecule has 0 bridgehead atoms. The van der Waals surface area contributed by atoms with Crippen molar-refractivity contribution in [2.24, 2.45) is 0 Å². The van der Waals surface area contributed by atoms with Gasteiger partial charge in [-0.25, -0.2) is 0 Å². The highest BCUT2D eigenvalue weighted by atomic mass is 15.1. The van der Waals surface area contributed by atoms with E-state index in [1.54, 1.807) is 0 Å². The maximum atomic E-state index is 3.58. The molecule has 1 heterocycles. The molecule has 20 heavy (non-hydrogen) atoms. The third kappa shape index (κ3) is 5.36. The van der Waals surface area contributed by atoms with Crippen LogP contribution < -0.4 is 5.32 Å². The number of nitrogens with zero attached hydrogens (tertiary/aromatic N) is 1. The van der Waals surface area contributed by atoms with Gasteiger partial charge >= 0.3 is 0 Å². The van der Waals surface area contributed by atoms with E-state index < -0.39 is 0 Å². The Kier molecular flexibility index (Phi) is 6.63. The Morgan fingerprint density at radius 1 is 1.30 bits per heavy atom. The molecular weight excluding hydrogens is 244 g/mol. The average molecular weight is 270 g/mol. The average Bonchev–Trinajstić information content (AvgIpc) is 2.98. The first-order valence-corrected chi connectivity index (χ1v) is 7.88. The van der Waals surface area contributed by atoms with Gasteiger partial charge in [0, 0.05) is 18.2 Å². The molecule has 0 amide bonds. The normalized spacial score (nSPS) is 18.0. The lowest BCUT2D eigenvalue weighted by molar-refractivity contribution is 0.273. The quantitative estimate of drug-likeness (QED) is 0.800. The molecule has 1 unspecified atom stereocenters. The molecule has 0 spiro atoms. The standard InChI is InChI=1S/C18H26N2/c1-2-3-14-20(16-18-12-7-13-19-18)15-8-11-17-9-5-4-6-10-17/h4-6,9-10,18-19H,2-3,7,12-16H2,1H3. The molecule has 0 radical (unpaired) electrons. The number of nitrogens with one attached hydrogen (secondary N) is 1. The van der Waals surface area contributed by atoms with E-state index in [0.29, 0.717) is 6.04 Å². The smallest absolute Gasteiger partial charge is 0.0605 e. The maximum absolute atomic E-state index is 3.58. The van der Waals surface area contributed by atoms with Gasteiger partial charge in [0.1, 0.15) is 0 Å². The molecular formula is C18H26N2. The third-order valence-corrected chi connectivity index (χ3v) is 3.78. The lowest BCUT2D eigenvalue weighted by Crippen LogP contribution is -2.38. The fourth-order valence-corrected chi connectivity index (χ4v) is 2.62. The highest BCUT2D eigenvalue weighted by molar-refractivity contribution is 5.33. The zero-order valence-electron chi connectivity index (χ0n) is 12.6. The van der Waals surface area contributed by atoms with Crippen molar-refractivity contribution < 1.29 is 0 Å². The van der Waals surface area contributed by atoms with E-state index in [1.165, 1.54) is 32.2 Å². The molecule has 1 fully saturated rings. The molecule has 1 N–H and O–H groups in total. The summed E-state index contributed by atoms with van der Waals surface area (Å²) in [7, 11) is 0. The zero-order chi connectivity index (χ0) is 14.0. The molecule has 0 saturated carbocycles. The first-order chi connectivity index (χ1) is 9.88. The number of hydrogen-bond acceptors (Lipinski definition) is 2. The molecule has 108 valence electrons. The Hall–Kier alpha value is -1.30. The molecule has 0 aliphatic carbocycles. The van der Waals surface area contributed by atoms with Crippen LogP contribution in [-0.4, -0.2) is 37.1 Å². The summed E-state index contributed by atoms with van der Waals surface area (Å²) >= 11 is 0. The number of rotatable bonds is 6. The minimum absolute atomic E-state index is 0.672. The minimum Gasteiger partial charge on any atom is -0.313 e. The number of unbranched alkanes of at least 4 members (excludes halogenated alkanes) is 1. The monoisotopic (exact) mass is 270 g/mol. The van der Waals surface area contributed by atoms with Gasteiger partial charge in [-0.1, -0.05) is 43.4 Å². The van der Waals surface area contributed by atoms with Gasteiger partial charge in [-0.05, 0) is 44.5 Å². The second-order valence-electron chi connectivity index (χ2n) is 5.55. The van der Waals surface area contributed by atoms with Gasteiger partial charge in [0.2, 0.25) is 0 Å². The van der Waals surface area contributed by atoms with Crippen LogP contribution in [0.3, 0.4) is 0 Å². The van der Waals surface area contributed by atoms with Crippen LogP contribution >= 0.6 is 0 Å². The predicted octanol–water partition coefficient (Wildman–Crippen LogP) is 2.89. The maximum Gasteiger partial charge on any atom is 0.0605 e. The van der Waals surface area contributed by atoms with E-state index in [1.807, 2.05) is 18.2 Å². The van der Waals surface area contributed by atoms with Gasteiger partial charge in [-0.2, -0.15) is 0 Å². The molecule has 1 aromatic rings. The fraction of sp³-hybridized carbons (Fsp3) is 0.556. The largest absolute Gasteiger partial charge is 0.313 e. The minimum atomic E-state index is 0.672. The lowest BCUT2D eigenvalue weighted by atomic mass is 10.2. The van der Waals surface area contributed by atoms with Crippen LogP contribution in [0.15, 0.2) is 30.3 Å². The van der Waals surface area contributed by atoms with Crippen LogP contribution in [0.5, 0.6) is 0 Å². The second kappa shape index (κ2) is 8.79. The predicted molar refractivity (Wildman–Crippen MR) is 85.7 cm³/mol. The van der Waals surface area contributed by atoms with Crippen molar-refractivity contribution in [2.45, 2.75) is 38.6 Å². The van der Waals surface area contributed by atoms with Crippen molar-refractivity contribution in [1.29, 1.82) is 0 Å². The van der Waals surface area contributed by atoms with Crippen LogP contribution in [0.1, 0.15) is 38.2 Å². The van der Waals surface area contributed by atoms with Gasteiger partial charge in [-0.15, -0.1) is 0 Å². The van der Waals surface area contributed by atoms with Crippen molar-refractivity contribution in [3.63, 3.8) is 0 Å². The molecule has 1 saturated heterocycles. The fourth-order valence-electron chi connectivity index (χ4n) is 2.62. The topological polar surface area (TPSA) is 15.3 Å². The summed E-state index contributed by atoms with van der Waals surface area (Å²) < 4.78 is 0. The van der Waals surface area contributed by atoms with E-state index in [-0.39, 0.29) is 0 Å². The van der Waals surface area contributed by atoms with Gasteiger partial charge in [0.05, 0.1) is 6.54 Å². The summed E-state index contributed by atoms with van der Waals surface area (Å²) in [5.41, 5.74) is 1.11. The molecule has 1 aliphatic heterocycles. The Morgan fingerprint density at radius 3 is 2.85 bits per heavy atom. The summed E-state index contributed by atoms with van der Waals surface area (Å²) in [5.74, 6) is 6.60. The summed E-state index contributed by atoms with van der Waals surface area (Å²) in [4.78, 5) is 2.50. The highest BCUT2D eigenvalue weighted by Crippen LogP contribution is 2.07. The van der Waals surface area contributed by atoms with E-state index in [0.717, 1.165) is 25.2 Å².